The van der Waals surface area contributed by atoms with Crippen LogP contribution in [0.1, 0.15) is 56.4 Å². The maximum Gasteiger partial charge on any atom is 0.309 e. The van der Waals surface area contributed by atoms with E-state index in [1.165, 1.54) is 5.01 Å². The molecule has 0 unspecified atom stereocenters. The van der Waals surface area contributed by atoms with Gasteiger partial charge in [-0.1, -0.05) is 23.7 Å². The fourth-order valence-corrected chi connectivity index (χ4v) is 4.79. The highest BCUT2D eigenvalue weighted by Crippen LogP contribution is 2.35. The molecule has 5 rings (SSSR count). The second kappa shape index (κ2) is 9.85. The molecule has 1 saturated heterocycles. The number of esters is 1. The van der Waals surface area contributed by atoms with E-state index in [2.05, 4.69) is 5.10 Å². The molecular weight excluding hydrogens is 470 g/mol. The molecule has 2 atom stereocenters. The number of hydrazone groups is 1. The van der Waals surface area contributed by atoms with Crippen molar-refractivity contribution in [3.63, 3.8) is 0 Å². The Hall–Kier alpha value is -3.13. The van der Waals surface area contributed by atoms with Gasteiger partial charge in [0.25, 0.3) is 5.91 Å². The third-order valence-electron chi connectivity index (χ3n) is 6.89. The van der Waals surface area contributed by atoms with Crippen LogP contribution in [0.5, 0.6) is 0 Å². The lowest BCUT2D eigenvalue weighted by atomic mass is 9.96. The van der Waals surface area contributed by atoms with E-state index in [1.54, 1.807) is 37.5 Å². The number of halogens is 1. The predicted molar refractivity (Wildman–Crippen MR) is 128 cm³/mol. The van der Waals surface area contributed by atoms with Crippen LogP contribution >= 0.6 is 11.6 Å². The first-order valence-electron chi connectivity index (χ1n) is 12.1. The van der Waals surface area contributed by atoms with Gasteiger partial charge in [0.05, 0.1) is 17.9 Å². The van der Waals surface area contributed by atoms with Gasteiger partial charge in [-0.15, -0.1) is 0 Å². The molecule has 2 aliphatic heterocycles. The lowest BCUT2D eigenvalue weighted by Crippen LogP contribution is -2.43. The van der Waals surface area contributed by atoms with Gasteiger partial charge in [-0.2, -0.15) is 5.10 Å². The van der Waals surface area contributed by atoms with Crippen molar-refractivity contribution in [1.29, 1.82) is 0 Å². The Morgan fingerprint density at radius 2 is 1.77 bits per heavy atom. The van der Waals surface area contributed by atoms with Gasteiger partial charge in [0.1, 0.15) is 11.8 Å². The Morgan fingerprint density at radius 3 is 2.40 bits per heavy atom. The number of benzene rings is 1. The fraction of sp³-hybridized carbons (Fsp3) is 0.462. The molecule has 9 heteroatoms. The van der Waals surface area contributed by atoms with Gasteiger partial charge in [-0.3, -0.25) is 14.4 Å². The van der Waals surface area contributed by atoms with Gasteiger partial charge in [-0.05, 0) is 62.4 Å². The minimum Gasteiger partial charge on any atom is -0.467 e. The van der Waals surface area contributed by atoms with Crippen molar-refractivity contribution in [2.75, 3.05) is 13.1 Å². The van der Waals surface area contributed by atoms with Crippen molar-refractivity contribution in [2.45, 2.75) is 51.2 Å². The highest BCUT2D eigenvalue weighted by Gasteiger charge is 2.40. The number of piperidine rings is 1. The normalized spacial score (nSPS) is 21.5. The van der Waals surface area contributed by atoms with Crippen LogP contribution in [0.25, 0.3) is 0 Å². The number of hydrogen-bond donors (Lipinski definition) is 0. The summed E-state index contributed by atoms with van der Waals surface area (Å²) in [5.74, 6) is -0.145. The minimum absolute atomic E-state index is 0.178. The van der Waals surface area contributed by atoms with E-state index in [0.717, 1.165) is 24.1 Å². The number of carbonyl (C=O) groups is 3. The van der Waals surface area contributed by atoms with Crippen LogP contribution in [0, 0.1) is 11.8 Å². The zero-order valence-corrected chi connectivity index (χ0v) is 20.3. The van der Waals surface area contributed by atoms with E-state index in [0.29, 0.717) is 43.1 Å². The summed E-state index contributed by atoms with van der Waals surface area (Å²) in [6.45, 7) is 2.68. The Kier molecular flexibility index (Phi) is 6.65. The van der Waals surface area contributed by atoms with Crippen molar-refractivity contribution in [3.8, 4) is 0 Å². The zero-order valence-electron chi connectivity index (χ0n) is 19.6. The average Bonchev–Trinajstić information content (AvgIpc) is 3.39. The van der Waals surface area contributed by atoms with Crippen molar-refractivity contribution in [2.24, 2.45) is 16.9 Å². The molecule has 0 bridgehead atoms. The number of furan rings is 1. The molecule has 1 aromatic carbocycles. The van der Waals surface area contributed by atoms with Gasteiger partial charge in [-0.25, -0.2) is 5.01 Å². The van der Waals surface area contributed by atoms with Crippen LogP contribution in [-0.2, 0) is 19.1 Å². The first-order chi connectivity index (χ1) is 16.9. The molecular formula is C26H28ClN3O5. The molecule has 35 heavy (non-hydrogen) atoms. The molecule has 1 aliphatic carbocycles. The van der Waals surface area contributed by atoms with Crippen molar-refractivity contribution >= 4 is 35.1 Å². The number of ether oxygens (including phenoxy) is 1. The zero-order chi connectivity index (χ0) is 24.5. The summed E-state index contributed by atoms with van der Waals surface area (Å²) in [6, 6.07) is 10.4. The second-order valence-electron chi connectivity index (χ2n) is 9.42. The van der Waals surface area contributed by atoms with Crippen LogP contribution in [0.2, 0.25) is 5.02 Å². The third-order valence-corrected chi connectivity index (χ3v) is 7.14. The number of rotatable bonds is 6. The number of amides is 2. The SMILES string of the molecule is C[C@@H](OC(=O)C1CCN(C(=O)C2CC2)CC1)C(=O)N1N=C(c2ccc(Cl)cc2)C[C@H]1c1ccco1. The number of likely N-dealkylation sites (tertiary alicyclic amines) is 1. The molecule has 1 aromatic heterocycles. The molecule has 3 heterocycles. The van der Waals surface area contributed by atoms with Gasteiger partial charge >= 0.3 is 5.97 Å². The maximum atomic E-state index is 13.3. The molecule has 0 spiro atoms. The number of nitrogens with zero attached hydrogens (tertiary/aromatic N) is 3. The quantitative estimate of drug-likeness (QED) is 0.558. The smallest absolute Gasteiger partial charge is 0.309 e. The van der Waals surface area contributed by atoms with Gasteiger partial charge in [0.2, 0.25) is 5.91 Å². The van der Waals surface area contributed by atoms with Crippen LogP contribution in [0.4, 0.5) is 0 Å². The highest BCUT2D eigenvalue weighted by atomic mass is 35.5. The second-order valence-corrected chi connectivity index (χ2v) is 9.86. The van der Waals surface area contributed by atoms with Gasteiger partial charge < -0.3 is 14.1 Å². The molecule has 3 aliphatic rings. The lowest BCUT2D eigenvalue weighted by molar-refractivity contribution is -0.165. The summed E-state index contributed by atoms with van der Waals surface area (Å²) in [5.41, 5.74) is 1.58. The van der Waals surface area contributed by atoms with Gasteiger partial charge in [0, 0.05) is 30.5 Å². The Balaban J connectivity index is 1.24. The minimum atomic E-state index is -1.00. The number of carbonyl (C=O) groups excluding carboxylic acids is 3. The van der Waals surface area contributed by atoms with Gasteiger partial charge in [0.15, 0.2) is 6.10 Å². The maximum absolute atomic E-state index is 13.3. The Bertz CT molecular complexity index is 1120. The first kappa shape index (κ1) is 23.6. The summed E-state index contributed by atoms with van der Waals surface area (Å²) in [4.78, 5) is 40.3. The van der Waals surface area contributed by atoms with Crippen LogP contribution in [-0.4, -0.2) is 52.6 Å². The monoisotopic (exact) mass is 497 g/mol. The summed E-state index contributed by atoms with van der Waals surface area (Å²) < 4.78 is 11.2. The number of hydrogen-bond acceptors (Lipinski definition) is 6. The molecule has 8 nitrogen and oxygen atoms in total. The highest BCUT2D eigenvalue weighted by molar-refractivity contribution is 6.30. The Labute approximate surface area is 208 Å². The summed E-state index contributed by atoms with van der Waals surface area (Å²) >= 11 is 6.01. The molecule has 2 amide bonds. The predicted octanol–water partition coefficient (Wildman–Crippen LogP) is 4.19. The molecule has 0 N–H and O–H groups in total. The van der Waals surface area contributed by atoms with Crippen LogP contribution in [0.15, 0.2) is 52.2 Å². The van der Waals surface area contributed by atoms with E-state index >= 15 is 0 Å². The molecule has 0 radical (unpaired) electrons. The molecule has 2 aromatic rings. The van der Waals surface area contributed by atoms with E-state index in [1.807, 2.05) is 17.0 Å². The summed E-state index contributed by atoms with van der Waals surface area (Å²) in [5, 5.41) is 6.56. The Morgan fingerprint density at radius 1 is 1.06 bits per heavy atom. The topological polar surface area (TPSA) is 92.4 Å². The third kappa shape index (κ3) is 5.12. The van der Waals surface area contributed by atoms with E-state index in [9.17, 15) is 14.4 Å². The van der Waals surface area contributed by atoms with E-state index < -0.39 is 24.0 Å². The van der Waals surface area contributed by atoms with Crippen molar-refractivity contribution in [1.82, 2.24) is 9.91 Å². The molecule has 2 fully saturated rings. The first-order valence-corrected chi connectivity index (χ1v) is 12.5. The summed E-state index contributed by atoms with van der Waals surface area (Å²) in [6.07, 6.45) is 4.07. The van der Waals surface area contributed by atoms with E-state index in [4.69, 9.17) is 20.8 Å². The molecule has 184 valence electrons. The van der Waals surface area contributed by atoms with Crippen LogP contribution < -0.4 is 0 Å². The largest absolute Gasteiger partial charge is 0.467 e. The molecule has 1 saturated carbocycles. The summed E-state index contributed by atoms with van der Waals surface area (Å²) in [7, 11) is 0. The fourth-order valence-electron chi connectivity index (χ4n) is 4.66. The van der Waals surface area contributed by atoms with Crippen molar-refractivity contribution in [3.05, 3.63) is 59.0 Å². The van der Waals surface area contributed by atoms with Crippen LogP contribution in [0.3, 0.4) is 0 Å². The van der Waals surface area contributed by atoms with E-state index in [-0.39, 0.29) is 17.7 Å². The standard InChI is InChI=1S/C26H28ClN3O5/c1-16(35-26(33)19-10-12-29(13-11-19)25(32)18-4-5-18)24(31)30-22(23-3-2-14-34-23)15-21(28-30)17-6-8-20(27)9-7-17/h2-3,6-9,14,16,18-19,22H,4-5,10-13,15H2,1H3/t16-,22+/m1/s1. The average molecular weight is 498 g/mol. The lowest BCUT2D eigenvalue weighted by Gasteiger charge is -2.31. The van der Waals surface area contributed by atoms with Crippen molar-refractivity contribution < 1.29 is 23.5 Å².